The topological polar surface area (TPSA) is 17.1 Å². The molecule has 0 unspecified atom stereocenters. The largest absolute Gasteiger partial charge is 0.293 e. The molecule has 0 saturated heterocycles. The van der Waals surface area contributed by atoms with Crippen LogP contribution in [-0.4, -0.2) is 5.78 Å². The summed E-state index contributed by atoms with van der Waals surface area (Å²) in [6.45, 7) is 1.83. The standard InChI is InChI=1S/C13H9Cl2FOS/c1-7-6-18-13(12(7)15)11(17)5-8-9(14)3-2-4-10(8)16/h2-4,6H,5H2,1H3. The third kappa shape index (κ3) is 2.58. The van der Waals surface area contributed by atoms with Crippen molar-refractivity contribution in [3.63, 3.8) is 0 Å². The lowest BCUT2D eigenvalue weighted by molar-refractivity contribution is 0.0996. The van der Waals surface area contributed by atoms with Crippen molar-refractivity contribution < 1.29 is 9.18 Å². The molecule has 1 nitrogen and oxygen atoms in total. The predicted molar refractivity (Wildman–Crippen MR) is 73.5 cm³/mol. The van der Waals surface area contributed by atoms with E-state index >= 15 is 0 Å². The van der Waals surface area contributed by atoms with Crippen LogP contribution in [0.25, 0.3) is 0 Å². The Hall–Kier alpha value is -0.900. The van der Waals surface area contributed by atoms with Crippen LogP contribution in [0.15, 0.2) is 23.6 Å². The van der Waals surface area contributed by atoms with E-state index in [1.165, 1.54) is 23.5 Å². The molecule has 18 heavy (non-hydrogen) atoms. The van der Waals surface area contributed by atoms with Gasteiger partial charge in [0, 0.05) is 17.0 Å². The number of carbonyl (C=O) groups excluding carboxylic acids is 1. The minimum Gasteiger partial charge on any atom is -0.293 e. The zero-order valence-electron chi connectivity index (χ0n) is 9.47. The van der Waals surface area contributed by atoms with Crippen LogP contribution in [0.5, 0.6) is 0 Å². The highest BCUT2D eigenvalue weighted by molar-refractivity contribution is 7.13. The molecule has 0 amide bonds. The average Bonchev–Trinajstić information content (AvgIpc) is 2.65. The highest BCUT2D eigenvalue weighted by Gasteiger charge is 2.18. The summed E-state index contributed by atoms with van der Waals surface area (Å²) in [7, 11) is 0. The summed E-state index contributed by atoms with van der Waals surface area (Å²) in [6, 6.07) is 4.36. The van der Waals surface area contributed by atoms with E-state index in [4.69, 9.17) is 23.2 Å². The Balaban J connectivity index is 2.30. The number of Topliss-reactive ketones (excluding diaryl/α,β-unsaturated/α-hetero) is 1. The Morgan fingerprint density at radius 1 is 1.39 bits per heavy atom. The lowest BCUT2D eigenvalue weighted by Gasteiger charge is -2.04. The van der Waals surface area contributed by atoms with Gasteiger partial charge in [-0.2, -0.15) is 0 Å². The number of halogens is 3. The maximum atomic E-state index is 13.6. The van der Waals surface area contributed by atoms with Crippen molar-refractivity contribution in [3.8, 4) is 0 Å². The fourth-order valence-electron chi connectivity index (χ4n) is 1.56. The summed E-state index contributed by atoms with van der Waals surface area (Å²) in [6.07, 6.45) is -0.0782. The average molecular weight is 303 g/mol. The number of benzene rings is 1. The molecule has 1 aromatic heterocycles. The number of aryl methyl sites for hydroxylation is 1. The van der Waals surface area contributed by atoms with E-state index in [9.17, 15) is 9.18 Å². The van der Waals surface area contributed by atoms with Crippen LogP contribution in [0, 0.1) is 12.7 Å². The predicted octanol–water partition coefficient (Wildman–Crippen LogP) is 4.93. The van der Waals surface area contributed by atoms with Crippen LogP contribution in [0.4, 0.5) is 4.39 Å². The van der Waals surface area contributed by atoms with Gasteiger partial charge >= 0.3 is 0 Å². The summed E-state index contributed by atoms with van der Waals surface area (Å²) in [5.41, 5.74) is 1.07. The van der Waals surface area contributed by atoms with E-state index in [0.717, 1.165) is 5.56 Å². The van der Waals surface area contributed by atoms with E-state index in [0.29, 0.717) is 9.90 Å². The Labute approximate surface area is 118 Å². The molecular weight excluding hydrogens is 294 g/mol. The van der Waals surface area contributed by atoms with Gasteiger partial charge in [-0.1, -0.05) is 29.3 Å². The van der Waals surface area contributed by atoms with E-state index in [1.54, 1.807) is 11.4 Å². The molecule has 0 N–H and O–H groups in total. The first-order valence-corrected chi connectivity index (χ1v) is 6.84. The van der Waals surface area contributed by atoms with Crippen LogP contribution in [0.1, 0.15) is 20.8 Å². The number of hydrogen-bond acceptors (Lipinski definition) is 2. The number of ketones is 1. The third-order valence-corrected chi connectivity index (χ3v) is 4.64. The molecule has 1 aromatic carbocycles. The number of hydrogen-bond donors (Lipinski definition) is 0. The minimum absolute atomic E-state index is 0.0782. The van der Waals surface area contributed by atoms with Crippen LogP contribution >= 0.6 is 34.5 Å². The van der Waals surface area contributed by atoms with Crippen LogP contribution in [-0.2, 0) is 6.42 Å². The van der Waals surface area contributed by atoms with Crippen molar-refractivity contribution in [2.45, 2.75) is 13.3 Å². The number of thiophene rings is 1. The van der Waals surface area contributed by atoms with Gasteiger partial charge in [0.1, 0.15) is 5.82 Å². The summed E-state index contributed by atoms with van der Waals surface area (Å²) in [4.78, 5) is 12.5. The summed E-state index contributed by atoms with van der Waals surface area (Å²) in [5, 5.41) is 2.50. The Morgan fingerprint density at radius 2 is 2.11 bits per heavy atom. The minimum atomic E-state index is -0.472. The van der Waals surface area contributed by atoms with Crippen LogP contribution in [0.2, 0.25) is 10.0 Å². The SMILES string of the molecule is Cc1csc(C(=O)Cc2c(F)cccc2Cl)c1Cl. The van der Waals surface area contributed by atoms with Gasteiger partial charge in [0.15, 0.2) is 5.78 Å². The van der Waals surface area contributed by atoms with Crippen LogP contribution in [0.3, 0.4) is 0 Å². The fraction of sp³-hybridized carbons (Fsp3) is 0.154. The summed E-state index contributed by atoms with van der Waals surface area (Å²) < 4.78 is 13.6. The molecule has 0 radical (unpaired) electrons. The highest BCUT2D eigenvalue weighted by Crippen LogP contribution is 2.29. The van der Waals surface area contributed by atoms with Gasteiger partial charge in [-0.05, 0) is 30.0 Å². The number of carbonyl (C=O) groups is 1. The van der Waals surface area contributed by atoms with E-state index < -0.39 is 5.82 Å². The first-order valence-electron chi connectivity index (χ1n) is 5.20. The first kappa shape index (κ1) is 13.5. The monoisotopic (exact) mass is 302 g/mol. The molecule has 0 aliphatic heterocycles. The van der Waals surface area contributed by atoms with Gasteiger partial charge in [-0.3, -0.25) is 4.79 Å². The Bertz CT molecular complexity index is 587. The van der Waals surface area contributed by atoms with Crippen LogP contribution < -0.4 is 0 Å². The fourth-order valence-corrected chi connectivity index (χ4v) is 3.03. The molecular formula is C13H9Cl2FOS. The molecule has 0 aliphatic carbocycles. The van der Waals surface area contributed by atoms with Crippen molar-refractivity contribution in [2.24, 2.45) is 0 Å². The molecule has 0 saturated carbocycles. The molecule has 2 rings (SSSR count). The van der Waals surface area contributed by atoms with Crippen molar-refractivity contribution >= 4 is 40.3 Å². The quantitative estimate of drug-likeness (QED) is 0.735. The smallest absolute Gasteiger partial charge is 0.178 e. The molecule has 1 heterocycles. The molecule has 0 fully saturated rings. The maximum Gasteiger partial charge on any atom is 0.178 e. The molecule has 5 heteroatoms. The van der Waals surface area contributed by atoms with Crippen molar-refractivity contribution in [2.75, 3.05) is 0 Å². The molecule has 2 aromatic rings. The molecule has 0 atom stereocenters. The van der Waals surface area contributed by atoms with Gasteiger partial charge in [0.25, 0.3) is 0 Å². The van der Waals surface area contributed by atoms with E-state index in [2.05, 4.69) is 0 Å². The number of rotatable bonds is 3. The summed E-state index contributed by atoms with van der Waals surface area (Å²) >= 11 is 13.2. The molecule has 0 bridgehead atoms. The van der Waals surface area contributed by atoms with Gasteiger partial charge < -0.3 is 0 Å². The second-order valence-electron chi connectivity index (χ2n) is 3.86. The van der Waals surface area contributed by atoms with Crippen molar-refractivity contribution in [3.05, 3.63) is 55.4 Å². The van der Waals surface area contributed by atoms with Crippen molar-refractivity contribution in [1.29, 1.82) is 0 Å². The second kappa shape index (κ2) is 5.39. The van der Waals surface area contributed by atoms with Gasteiger partial charge in [-0.25, -0.2) is 4.39 Å². The summed E-state index contributed by atoms with van der Waals surface area (Å²) in [5.74, 6) is -0.689. The maximum absolute atomic E-state index is 13.6. The van der Waals surface area contributed by atoms with Gasteiger partial charge in [0.05, 0.1) is 9.90 Å². The second-order valence-corrected chi connectivity index (χ2v) is 5.53. The zero-order chi connectivity index (χ0) is 13.3. The molecule has 94 valence electrons. The lowest BCUT2D eigenvalue weighted by Crippen LogP contribution is -2.04. The van der Waals surface area contributed by atoms with Gasteiger partial charge in [-0.15, -0.1) is 11.3 Å². The Kier molecular flexibility index (Phi) is 4.05. The third-order valence-electron chi connectivity index (χ3n) is 2.55. The van der Waals surface area contributed by atoms with E-state index in [1.807, 2.05) is 6.92 Å². The Morgan fingerprint density at radius 3 is 2.67 bits per heavy atom. The molecule has 0 spiro atoms. The zero-order valence-corrected chi connectivity index (χ0v) is 11.8. The molecule has 0 aliphatic rings. The lowest BCUT2D eigenvalue weighted by atomic mass is 10.1. The van der Waals surface area contributed by atoms with Crippen molar-refractivity contribution in [1.82, 2.24) is 0 Å². The van der Waals surface area contributed by atoms with E-state index in [-0.39, 0.29) is 22.8 Å². The first-order chi connectivity index (χ1) is 8.50. The highest BCUT2D eigenvalue weighted by atomic mass is 35.5. The normalized spacial score (nSPS) is 10.7. The van der Waals surface area contributed by atoms with Gasteiger partial charge in [0.2, 0.25) is 0 Å².